The fourth-order valence-corrected chi connectivity index (χ4v) is 1.38. The maximum absolute atomic E-state index is 12.2. The summed E-state index contributed by atoms with van der Waals surface area (Å²) in [4.78, 5) is 0. The van der Waals surface area contributed by atoms with Gasteiger partial charge in [0, 0.05) is 6.42 Å². The average molecular weight is 268 g/mol. The summed E-state index contributed by atoms with van der Waals surface area (Å²) in [6.45, 7) is 3.50. The topological polar surface area (TPSA) is 44.8 Å². The number of terminal acetylenes is 1. The first-order chi connectivity index (χ1) is 7.99. The van der Waals surface area contributed by atoms with E-state index in [-0.39, 0.29) is 26.4 Å². The van der Waals surface area contributed by atoms with E-state index in [0.29, 0.717) is 6.42 Å². The molecule has 4 nitrogen and oxygen atoms in total. The van der Waals surface area contributed by atoms with Crippen LogP contribution in [0.2, 0.25) is 0 Å². The largest absolute Gasteiger partial charge is 0.552 e. The molecule has 0 bridgehead atoms. The fraction of sp³-hybridized carbons (Fsp3) is 0.600. The van der Waals surface area contributed by atoms with Crippen molar-refractivity contribution in [3.63, 3.8) is 0 Å². The minimum atomic E-state index is -5.55. The molecule has 0 aliphatic carbocycles. The van der Waals surface area contributed by atoms with Crippen LogP contribution in [-0.4, -0.2) is 32.5 Å². The molecule has 1 atom stereocenters. The third-order valence-corrected chi connectivity index (χ3v) is 2.05. The van der Waals surface area contributed by atoms with E-state index in [1.165, 1.54) is 6.08 Å². The van der Waals surface area contributed by atoms with Crippen LogP contribution >= 0.6 is 7.99 Å². The number of rotatable bonds is 10. The van der Waals surface area contributed by atoms with Crippen molar-refractivity contribution in [3.05, 3.63) is 12.7 Å². The first kappa shape index (κ1) is 16.3. The third kappa shape index (κ3) is 11.5. The molecule has 1 unspecified atom stereocenters. The van der Waals surface area contributed by atoms with E-state index < -0.39 is 14.1 Å². The fourth-order valence-electron chi connectivity index (χ4n) is 0.911. The Morgan fingerprint density at radius 2 is 2.06 bits per heavy atom. The molecule has 17 heavy (non-hydrogen) atoms. The van der Waals surface area contributed by atoms with E-state index in [4.69, 9.17) is 15.9 Å². The standard InChI is InChI=1S/C10H15F2O4P/c1-3-5-7-15-9-10(8-14-6-4-2)16-17(11,12)13/h1,4,10H,2,5-9H2. The van der Waals surface area contributed by atoms with Crippen LogP contribution in [0.25, 0.3) is 0 Å². The van der Waals surface area contributed by atoms with Crippen molar-refractivity contribution in [2.75, 3.05) is 26.4 Å². The zero-order valence-corrected chi connectivity index (χ0v) is 10.2. The number of hydrogen-bond donors (Lipinski definition) is 0. The van der Waals surface area contributed by atoms with Gasteiger partial charge in [-0.15, -0.1) is 27.3 Å². The second kappa shape index (κ2) is 9.32. The highest BCUT2D eigenvalue weighted by atomic mass is 31.2. The Bertz CT molecular complexity index is 297. The molecule has 0 saturated heterocycles. The zero-order valence-electron chi connectivity index (χ0n) is 9.31. The summed E-state index contributed by atoms with van der Waals surface area (Å²) in [7, 11) is -5.55. The van der Waals surface area contributed by atoms with Gasteiger partial charge in [0.1, 0.15) is 6.10 Å². The van der Waals surface area contributed by atoms with Crippen molar-refractivity contribution < 1.29 is 27.0 Å². The van der Waals surface area contributed by atoms with Gasteiger partial charge in [0.25, 0.3) is 0 Å². The molecule has 0 rings (SSSR count). The van der Waals surface area contributed by atoms with Gasteiger partial charge >= 0.3 is 7.99 Å². The summed E-state index contributed by atoms with van der Waals surface area (Å²) in [5.41, 5.74) is 0. The molecule has 0 spiro atoms. The Balaban J connectivity index is 3.97. The minimum Gasteiger partial charge on any atom is -0.378 e. The van der Waals surface area contributed by atoms with E-state index in [0.717, 1.165) is 0 Å². The maximum atomic E-state index is 12.2. The van der Waals surface area contributed by atoms with E-state index in [9.17, 15) is 13.0 Å². The molecule has 0 aromatic rings. The predicted molar refractivity (Wildman–Crippen MR) is 60.0 cm³/mol. The SMILES string of the molecule is C#CCCOCC(COCC=C)OP(=O)(F)F. The van der Waals surface area contributed by atoms with Crippen LogP contribution in [0.15, 0.2) is 12.7 Å². The molecule has 0 N–H and O–H groups in total. The van der Waals surface area contributed by atoms with Crippen molar-refractivity contribution in [3.8, 4) is 12.3 Å². The second-order valence-corrected chi connectivity index (χ2v) is 4.04. The lowest BCUT2D eigenvalue weighted by Gasteiger charge is -2.16. The molecule has 7 heteroatoms. The monoisotopic (exact) mass is 268 g/mol. The summed E-state index contributed by atoms with van der Waals surface area (Å²) < 4.78 is 48.6. The highest BCUT2D eigenvalue weighted by Gasteiger charge is 2.27. The molecule has 0 amide bonds. The highest BCUT2D eigenvalue weighted by Crippen LogP contribution is 2.51. The van der Waals surface area contributed by atoms with Crippen molar-refractivity contribution in [2.24, 2.45) is 0 Å². The zero-order chi connectivity index (χ0) is 13.1. The molecule has 0 aromatic heterocycles. The molecule has 0 radical (unpaired) electrons. The molecular weight excluding hydrogens is 253 g/mol. The Labute approximate surface area is 99.6 Å². The summed E-state index contributed by atoms with van der Waals surface area (Å²) in [5, 5.41) is 0. The van der Waals surface area contributed by atoms with Crippen molar-refractivity contribution in [1.82, 2.24) is 0 Å². The smallest absolute Gasteiger partial charge is 0.378 e. The highest BCUT2D eigenvalue weighted by molar-refractivity contribution is 7.47. The first-order valence-corrected chi connectivity index (χ1v) is 6.28. The molecule has 0 aliphatic rings. The Kier molecular flexibility index (Phi) is 8.92. The van der Waals surface area contributed by atoms with Gasteiger partial charge in [-0.05, 0) is 0 Å². The van der Waals surface area contributed by atoms with Gasteiger partial charge in [0.05, 0.1) is 26.4 Å². The normalized spacial score (nSPS) is 13.0. The molecule has 0 aromatic carbocycles. The predicted octanol–water partition coefficient (Wildman–Crippen LogP) is 2.66. The maximum Gasteiger partial charge on any atom is 0.552 e. The molecule has 0 heterocycles. The Morgan fingerprint density at radius 1 is 1.41 bits per heavy atom. The van der Waals surface area contributed by atoms with Crippen molar-refractivity contribution >= 4 is 7.99 Å². The summed E-state index contributed by atoms with van der Waals surface area (Å²) in [5.74, 6) is 2.33. The van der Waals surface area contributed by atoms with Crippen LogP contribution in [0.3, 0.4) is 0 Å². The van der Waals surface area contributed by atoms with Gasteiger partial charge in [-0.2, -0.15) is 0 Å². The van der Waals surface area contributed by atoms with Crippen LogP contribution in [0, 0.1) is 12.3 Å². The van der Waals surface area contributed by atoms with Crippen LogP contribution < -0.4 is 0 Å². The van der Waals surface area contributed by atoms with Crippen LogP contribution in [-0.2, 0) is 18.6 Å². The minimum absolute atomic E-state index is 0.153. The summed E-state index contributed by atoms with van der Waals surface area (Å²) in [6, 6.07) is 0. The lowest BCUT2D eigenvalue weighted by atomic mass is 10.4. The molecule has 0 fully saturated rings. The average Bonchev–Trinajstić information content (AvgIpc) is 2.22. The van der Waals surface area contributed by atoms with Gasteiger partial charge in [0.2, 0.25) is 0 Å². The third-order valence-electron chi connectivity index (χ3n) is 1.51. The Hall–Kier alpha value is -0.730. The summed E-state index contributed by atoms with van der Waals surface area (Å²) >= 11 is 0. The second-order valence-electron chi connectivity index (χ2n) is 3.00. The van der Waals surface area contributed by atoms with E-state index in [1.54, 1.807) is 0 Å². The van der Waals surface area contributed by atoms with Crippen LogP contribution in [0.5, 0.6) is 0 Å². The van der Waals surface area contributed by atoms with E-state index in [1.807, 2.05) is 0 Å². The number of halogens is 2. The summed E-state index contributed by atoms with van der Waals surface area (Å²) in [6.07, 6.45) is 5.72. The number of hydrogen-bond acceptors (Lipinski definition) is 4. The molecule has 98 valence electrons. The molecule has 0 saturated carbocycles. The van der Waals surface area contributed by atoms with E-state index >= 15 is 0 Å². The molecular formula is C10H15F2O4P. The number of ether oxygens (including phenoxy) is 2. The van der Waals surface area contributed by atoms with Gasteiger partial charge in [-0.3, -0.25) is 4.52 Å². The van der Waals surface area contributed by atoms with Crippen molar-refractivity contribution in [1.29, 1.82) is 0 Å². The lowest BCUT2D eigenvalue weighted by Crippen LogP contribution is -2.24. The van der Waals surface area contributed by atoms with Gasteiger partial charge in [-0.25, -0.2) is 4.57 Å². The van der Waals surface area contributed by atoms with Crippen LogP contribution in [0.4, 0.5) is 8.39 Å². The van der Waals surface area contributed by atoms with Gasteiger partial charge < -0.3 is 9.47 Å². The van der Waals surface area contributed by atoms with E-state index in [2.05, 4.69) is 17.0 Å². The first-order valence-electron chi connectivity index (χ1n) is 4.87. The Morgan fingerprint density at radius 3 is 2.59 bits per heavy atom. The lowest BCUT2D eigenvalue weighted by molar-refractivity contribution is -0.00455. The van der Waals surface area contributed by atoms with Crippen LogP contribution in [0.1, 0.15) is 6.42 Å². The van der Waals surface area contributed by atoms with Gasteiger partial charge in [-0.1, -0.05) is 6.08 Å². The van der Waals surface area contributed by atoms with Crippen molar-refractivity contribution in [2.45, 2.75) is 12.5 Å². The molecule has 0 aliphatic heterocycles. The quantitative estimate of drug-likeness (QED) is 0.264. The van der Waals surface area contributed by atoms with Gasteiger partial charge in [0.15, 0.2) is 0 Å².